The Morgan fingerprint density at radius 3 is 2.56 bits per heavy atom. The van der Waals surface area contributed by atoms with Crippen molar-refractivity contribution >= 4 is 0 Å². The third-order valence-corrected chi connectivity index (χ3v) is 3.37. The standard InChI is InChI=1S/C14H21NO3/c1-4-11(9(2)3)15-7-10-5-13-14(6-12(10)16)18-8-17-13/h5-6,9,11,15-16H,4,7-8H2,1-3H3. The van der Waals surface area contributed by atoms with Crippen molar-refractivity contribution in [2.75, 3.05) is 6.79 Å². The molecule has 2 N–H and O–H groups in total. The van der Waals surface area contributed by atoms with Crippen LogP contribution >= 0.6 is 0 Å². The number of aromatic hydroxyl groups is 1. The Bertz CT molecular complexity index is 418. The molecule has 0 saturated heterocycles. The maximum atomic E-state index is 9.92. The molecule has 1 aliphatic rings. The van der Waals surface area contributed by atoms with Gasteiger partial charge in [-0.15, -0.1) is 0 Å². The van der Waals surface area contributed by atoms with Crippen LogP contribution < -0.4 is 14.8 Å². The monoisotopic (exact) mass is 251 g/mol. The lowest BCUT2D eigenvalue weighted by Crippen LogP contribution is -2.32. The molecule has 1 aromatic carbocycles. The molecule has 1 aliphatic heterocycles. The fraction of sp³-hybridized carbons (Fsp3) is 0.571. The first kappa shape index (κ1) is 13.0. The molecular formula is C14H21NO3. The highest BCUT2D eigenvalue weighted by Gasteiger charge is 2.18. The number of fused-ring (bicyclic) bond motifs is 1. The lowest BCUT2D eigenvalue weighted by atomic mass is 10.0. The van der Waals surface area contributed by atoms with Crippen molar-refractivity contribution in [2.24, 2.45) is 5.92 Å². The minimum Gasteiger partial charge on any atom is -0.507 e. The molecule has 1 heterocycles. The van der Waals surface area contributed by atoms with E-state index in [9.17, 15) is 5.11 Å². The van der Waals surface area contributed by atoms with Gasteiger partial charge in [0.2, 0.25) is 6.79 Å². The second-order valence-electron chi connectivity index (χ2n) is 4.97. The highest BCUT2D eigenvalue weighted by Crippen LogP contribution is 2.37. The van der Waals surface area contributed by atoms with E-state index in [1.165, 1.54) is 0 Å². The normalized spacial score (nSPS) is 15.1. The van der Waals surface area contributed by atoms with Gasteiger partial charge in [0.1, 0.15) is 5.75 Å². The molecule has 4 heteroatoms. The molecule has 0 spiro atoms. The molecule has 0 aromatic heterocycles. The maximum Gasteiger partial charge on any atom is 0.231 e. The molecule has 4 nitrogen and oxygen atoms in total. The Hall–Kier alpha value is -1.42. The third-order valence-electron chi connectivity index (χ3n) is 3.37. The summed E-state index contributed by atoms with van der Waals surface area (Å²) in [5.74, 6) is 2.16. The van der Waals surface area contributed by atoms with Gasteiger partial charge in [-0.05, 0) is 18.4 Å². The molecule has 0 radical (unpaired) electrons. The first-order valence-corrected chi connectivity index (χ1v) is 6.46. The number of phenolic OH excluding ortho intramolecular Hbond substituents is 1. The quantitative estimate of drug-likeness (QED) is 0.844. The maximum absolute atomic E-state index is 9.92. The van der Waals surface area contributed by atoms with Crippen LogP contribution in [0.25, 0.3) is 0 Å². The fourth-order valence-electron chi connectivity index (χ4n) is 2.21. The lowest BCUT2D eigenvalue weighted by Gasteiger charge is -2.21. The molecule has 0 amide bonds. The second kappa shape index (κ2) is 5.48. The predicted octanol–water partition coefficient (Wildman–Crippen LogP) is 2.65. The van der Waals surface area contributed by atoms with E-state index >= 15 is 0 Å². The SMILES string of the molecule is CCC(NCc1cc2c(cc1O)OCO2)C(C)C. The van der Waals surface area contributed by atoms with Gasteiger partial charge in [-0.1, -0.05) is 20.8 Å². The van der Waals surface area contributed by atoms with Crippen LogP contribution in [0.5, 0.6) is 17.2 Å². The van der Waals surface area contributed by atoms with E-state index in [0.717, 1.165) is 12.0 Å². The van der Waals surface area contributed by atoms with Gasteiger partial charge in [-0.3, -0.25) is 0 Å². The Morgan fingerprint density at radius 1 is 1.28 bits per heavy atom. The highest BCUT2D eigenvalue weighted by atomic mass is 16.7. The summed E-state index contributed by atoms with van der Waals surface area (Å²) in [5.41, 5.74) is 0.846. The molecule has 100 valence electrons. The van der Waals surface area contributed by atoms with Gasteiger partial charge in [-0.25, -0.2) is 0 Å². The van der Waals surface area contributed by atoms with Crippen molar-refractivity contribution in [1.82, 2.24) is 5.32 Å². The summed E-state index contributed by atoms with van der Waals surface area (Å²) in [6, 6.07) is 3.92. The average molecular weight is 251 g/mol. The molecule has 1 atom stereocenters. The molecule has 2 rings (SSSR count). The first-order chi connectivity index (χ1) is 8.61. The molecule has 0 bridgehead atoms. The molecular weight excluding hydrogens is 230 g/mol. The zero-order chi connectivity index (χ0) is 13.1. The summed E-state index contributed by atoms with van der Waals surface area (Å²) >= 11 is 0. The number of phenols is 1. The minimum atomic E-state index is 0.231. The van der Waals surface area contributed by atoms with Gasteiger partial charge in [0, 0.05) is 24.2 Å². The van der Waals surface area contributed by atoms with Crippen molar-refractivity contribution < 1.29 is 14.6 Å². The fourth-order valence-corrected chi connectivity index (χ4v) is 2.21. The zero-order valence-electron chi connectivity index (χ0n) is 11.2. The minimum absolute atomic E-state index is 0.231. The highest BCUT2D eigenvalue weighted by molar-refractivity contribution is 5.51. The van der Waals surface area contributed by atoms with E-state index in [2.05, 4.69) is 26.1 Å². The van der Waals surface area contributed by atoms with Crippen LogP contribution in [0, 0.1) is 5.92 Å². The number of benzene rings is 1. The van der Waals surface area contributed by atoms with Crippen molar-refractivity contribution in [3.8, 4) is 17.2 Å². The van der Waals surface area contributed by atoms with Gasteiger partial charge in [0.15, 0.2) is 11.5 Å². The van der Waals surface area contributed by atoms with Crippen molar-refractivity contribution in [2.45, 2.75) is 39.8 Å². The third kappa shape index (κ3) is 2.70. The largest absolute Gasteiger partial charge is 0.507 e. The molecule has 0 saturated carbocycles. The van der Waals surface area contributed by atoms with Crippen LogP contribution in [-0.2, 0) is 6.54 Å². The van der Waals surface area contributed by atoms with E-state index in [-0.39, 0.29) is 12.5 Å². The molecule has 1 aromatic rings. The summed E-state index contributed by atoms with van der Waals surface area (Å²) in [4.78, 5) is 0. The van der Waals surface area contributed by atoms with Gasteiger partial charge in [0.25, 0.3) is 0 Å². The average Bonchev–Trinajstić information content (AvgIpc) is 2.76. The van der Waals surface area contributed by atoms with Crippen molar-refractivity contribution in [3.63, 3.8) is 0 Å². The van der Waals surface area contributed by atoms with E-state index in [0.29, 0.717) is 30.0 Å². The number of hydrogen-bond donors (Lipinski definition) is 2. The van der Waals surface area contributed by atoms with Gasteiger partial charge in [-0.2, -0.15) is 0 Å². The van der Waals surface area contributed by atoms with E-state index in [4.69, 9.17) is 9.47 Å². The Labute approximate surface area is 108 Å². The Morgan fingerprint density at radius 2 is 1.94 bits per heavy atom. The Kier molecular flexibility index (Phi) is 3.97. The van der Waals surface area contributed by atoms with Gasteiger partial charge >= 0.3 is 0 Å². The van der Waals surface area contributed by atoms with Gasteiger partial charge in [0.05, 0.1) is 0 Å². The van der Waals surface area contributed by atoms with Crippen LogP contribution in [0.1, 0.15) is 32.8 Å². The molecule has 0 fully saturated rings. The number of rotatable bonds is 5. The Balaban J connectivity index is 2.05. The predicted molar refractivity (Wildman–Crippen MR) is 70.0 cm³/mol. The van der Waals surface area contributed by atoms with Crippen LogP contribution in [-0.4, -0.2) is 17.9 Å². The summed E-state index contributed by atoms with van der Waals surface area (Å²) in [6.07, 6.45) is 1.07. The van der Waals surface area contributed by atoms with Crippen LogP contribution in [0.2, 0.25) is 0 Å². The zero-order valence-corrected chi connectivity index (χ0v) is 11.2. The van der Waals surface area contributed by atoms with Crippen LogP contribution in [0.4, 0.5) is 0 Å². The van der Waals surface area contributed by atoms with Crippen molar-refractivity contribution in [3.05, 3.63) is 17.7 Å². The summed E-state index contributed by atoms with van der Waals surface area (Å²) < 4.78 is 10.5. The summed E-state index contributed by atoms with van der Waals surface area (Å²) in [7, 11) is 0. The number of nitrogens with one attached hydrogen (secondary N) is 1. The molecule has 0 aliphatic carbocycles. The molecule has 1 unspecified atom stereocenters. The second-order valence-corrected chi connectivity index (χ2v) is 4.97. The molecule has 18 heavy (non-hydrogen) atoms. The summed E-state index contributed by atoms with van der Waals surface area (Å²) in [6.45, 7) is 7.42. The number of ether oxygens (including phenoxy) is 2. The van der Waals surface area contributed by atoms with Crippen LogP contribution in [0.15, 0.2) is 12.1 Å². The lowest BCUT2D eigenvalue weighted by molar-refractivity contribution is 0.174. The summed E-state index contributed by atoms with van der Waals surface area (Å²) in [5, 5.41) is 13.4. The number of hydrogen-bond acceptors (Lipinski definition) is 4. The smallest absolute Gasteiger partial charge is 0.231 e. The first-order valence-electron chi connectivity index (χ1n) is 6.46. The van der Waals surface area contributed by atoms with E-state index in [1.807, 2.05) is 6.07 Å². The van der Waals surface area contributed by atoms with Crippen molar-refractivity contribution in [1.29, 1.82) is 0 Å². The van der Waals surface area contributed by atoms with E-state index < -0.39 is 0 Å². The van der Waals surface area contributed by atoms with Crippen LogP contribution in [0.3, 0.4) is 0 Å². The topological polar surface area (TPSA) is 50.7 Å². The van der Waals surface area contributed by atoms with Gasteiger partial charge < -0.3 is 19.9 Å². The van der Waals surface area contributed by atoms with E-state index in [1.54, 1.807) is 6.07 Å².